The molecule has 5 atom stereocenters. The van der Waals surface area contributed by atoms with Crippen molar-refractivity contribution in [2.24, 2.45) is 5.41 Å². The number of aliphatic hydroxyl groups excluding tert-OH is 1. The molecule has 7 heteroatoms. The zero-order chi connectivity index (χ0) is 16.9. The fourth-order valence-electron chi connectivity index (χ4n) is 2.80. The van der Waals surface area contributed by atoms with Crippen LogP contribution in [0.4, 0.5) is 0 Å². The van der Waals surface area contributed by atoms with E-state index in [0.717, 1.165) is 0 Å². The number of carboxylic acid groups (broad SMARTS) is 1. The first kappa shape index (κ1) is 19.3. The molecule has 1 fully saturated rings. The number of hydrogen-bond donors (Lipinski definition) is 2. The number of methoxy groups -OCH3 is 3. The van der Waals surface area contributed by atoms with E-state index in [2.05, 4.69) is 0 Å². The molecule has 1 aliphatic heterocycles. The molecule has 0 unspecified atom stereocenters. The van der Waals surface area contributed by atoms with Gasteiger partial charge < -0.3 is 29.2 Å². The zero-order valence-electron chi connectivity index (χ0n) is 13.9. The summed E-state index contributed by atoms with van der Waals surface area (Å²) in [5, 5.41) is 19.6. The van der Waals surface area contributed by atoms with E-state index in [1.807, 2.05) is 13.8 Å². The van der Waals surface area contributed by atoms with Crippen molar-refractivity contribution in [3.05, 3.63) is 0 Å². The van der Waals surface area contributed by atoms with Gasteiger partial charge in [-0.05, 0) is 0 Å². The van der Waals surface area contributed by atoms with E-state index in [1.165, 1.54) is 7.11 Å². The number of aliphatic hydroxyl groups is 1. The van der Waals surface area contributed by atoms with Gasteiger partial charge >= 0.3 is 5.97 Å². The third-order valence-electron chi connectivity index (χ3n) is 4.48. The van der Waals surface area contributed by atoms with Crippen molar-refractivity contribution in [3.8, 4) is 0 Å². The van der Waals surface area contributed by atoms with Gasteiger partial charge in [-0.2, -0.15) is 0 Å². The molecule has 0 saturated carbocycles. The van der Waals surface area contributed by atoms with E-state index in [-0.39, 0.29) is 18.6 Å². The molecule has 0 radical (unpaired) electrons. The summed E-state index contributed by atoms with van der Waals surface area (Å²) in [4.78, 5) is 11.3. The SMILES string of the molecule is COC[C@H](C[C@H]1O[C@H]([C@H](OC)C(=O)O)C[C@@H](O)C1(C)C)OC. The number of ether oxygens (including phenoxy) is 4. The van der Waals surface area contributed by atoms with Crippen molar-refractivity contribution in [2.45, 2.75) is 57.2 Å². The number of hydrogen-bond acceptors (Lipinski definition) is 6. The maximum absolute atomic E-state index is 11.3. The van der Waals surface area contributed by atoms with Gasteiger partial charge in [-0.1, -0.05) is 13.8 Å². The standard InChI is InChI=1S/C15H28O7/c1-15(2)11(16)7-10(13(21-5)14(17)18)22-12(15)6-9(20-4)8-19-3/h9-13,16H,6-8H2,1-5H3,(H,17,18)/t9-,10-,11+,12+,13-/m0/s1. The van der Waals surface area contributed by atoms with Crippen LogP contribution in [0.2, 0.25) is 0 Å². The van der Waals surface area contributed by atoms with Crippen LogP contribution in [-0.4, -0.2) is 74.6 Å². The van der Waals surface area contributed by atoms with Crippen LogP contribution in [0, 0.1) is 5.41 Å². The van der Waals surface area contributed by atoms with Crippen LogP contribution in [0.15, 0.2) is 0 Å². The second kappa shape index (κ2) is 8.21. The molecule has 22 heavy (non-hydrogen) atoms. The van der Waals surface area contributed by atoms with Gasteiger partial charge in [0.15, 0.2) is 6.10 Å². The molecule has 0 bridgehead atoms. The topological polar surface area (TPSA) is 94.5 Å². The molecule has 1 aliphatic rings. The summed E-state index contributed by atoms with van der Waals surface area (Å²) in [5.41, 5.74) is -0.516. The van der Waals surface area contributed by atoms with Crippen molar-refractivity contribution in [1.82, 2.24) is 0 Å². The Morgan fingerprint density at radius 1 is 1.32 bits per heavy atom. The number of carbonyl (C=O) groups is 1. The number of rotatable bonds is 8. The van der Waals surface area contributed by atoms with Crippen LogP contribution in [-0.2, 0) is 23.7 Å². The van der Waals surface area contributed by atoms with Gasteiger partial charge in [0.05, 0.1) is 31.0 Å². The number of carboxylic acids is 1. The molecule has 130 valence electrons. The predicted molar refractivity (Wildman–Crippen MR) is 78.8 cm³/mol. The molecule has 7 nitrogen and oxygen atoms in total. The molecule has 1 saturated heterocycles. The summed E-state index contributed by atoms with van der Waals surface area (Å²) in [6.45, 7) is 4.21. The third kappa shape index (κ3) is 4.39. The summed E-state index contributed by atoms with van der Waals surface area (Å²) in [5.74, 6) is -1.10. The van der Waals surface area contributed by atoms with Crippen molar-refractivity contribution in [1.29, 1.82) is 0 Å². The molecule has 1 rings (SSSR count). The van der Waals surface area contributed by atoms with Gasteiger partial charge in [-0.15, -0.1) is 0 Å². The van der Waals surface area contributed by atoms with Crippen LogP contribution in [0.1, 0.15) is 26.7 Å². The van der Waals surface area contributed by atoms with Gasteiger partial charge in [0.1, 0.15) is 0 Å². The summed E-state index contributed by atoms with van der Waals surface area (Å²) in [6, 6.07) is 0. The van der Waals surface area contributed by atoms with Crippen molar-refractivity contribution >= 4 is 5.97 Å². The third-order valence-corrected chi connectivity index (χ3v) is 4.48. The smallest absolute Gasteiger partial charge is 0.335 e. The maximum atomic E-state index is 11.3. The zero-order valence-corrected chi connectivity index (χ0v) is 13.9. The van der Waals surface area contributed by atoms with Crippen LogP contribution < -0.4 is 0 Å². The molecule has 0 amide bonds. The maximum Gasteiger partial charge on any atom is 0.335 e. The molecule has 0 spiro atoms. The quantitative estimate of drug-likeness (QED) is 0.679. The fourth-order valence-corrected chi connectivity index (χ4v) is 2.80. The van der Waals surface area contributed by atoms with Gasteiger partial charge in [-0.25, -0.2) is 4.79 Å². The van der Waals surface area contributed by atoms with Crippen molar-refractivity contribution in [3.63, 3.8) is 0 Å². The Morgan fingerprint density at radius 2 is 1.95 bits per heavy atom. The lowest BCUT2D eigenvalue weighted by Crippen LogP contribution is -2.55. The lowest BCUT2D eigenvalue weighted by molar-refractivity contribution is -0.216. The minimum Gasteiger partial charge on any atom is -0.479 e. The first-order valence-corrected chi connectivity index (χ1v) is 7.38. The van der Waals surface area contributed by atoms with Crippen LogP contribution in [0.5, 0.6) is 0 Å². The van der Waals surface area contributed by atoms with Crippen molar-refractivity contribution < 1.29 is 34.0 Å². The lowest BCUT2D eigenvalue weighted by atomic mass is 9.73. The minimum absolute atomic E-state index is 0.189. The normalized spacial score (nSPS) is 30.7. The highest BCUT2D eigenvalue weighted by molar-refractivity contribution is 5.73. The van der Waals surface area contributed by atoms with Crippen LogP contribution >= 0.6 is 0 Å². The largest absolute Gasteiger partial charge is 0.479 e. The Balaban J connectivity index is 2.88. The van der Waals surface area contributed by atoms with Gasteiger partial charge in [0, 0.05) is 39.6 Å². The highest BCUT2D eigenvalue weighted by atomic mass is 16.6. The average Bonchev–Trinajstić information content (AvgIpc) is 2.44. The second-order valence-electron chi connectivity index (χ2n) is 6.28. The van der Waals surface area contributed by atoms with Crippen LogP contribution in [0.25, 0.3) is 0 Å². The molecular weight excluding hydrogens is 292 g/mol. The first-order valence-electron chi connectivity index (χ1n) is 7.38. The Bertz CT molecular complexity index is 358. The predicted octanol–water partition coefficient (Wildman–Crippen LogP) is 0.682. The van der Waals surface area contributed by atoms with E-state index < -0.39 is 29.7 Å². The Labute approximate surface area is 131 Å². The molecule has 0 aromatic rings. The molecule has 0 aliphatic carbocycles. The summed E-state index contributed by atoms with van der Waals surface area (Å²) in [6.07, 6.45) is -2.32. The van der Waals surface area contributed by atoms with E-state index in [4.69, 9.17) is 18.9 Å². The highest BCUT2D eigenvalue weighted by Crippen LogP contribution is 2.40. The Hall–Kier alpha value is -0.730. The fraction of sp³-hybridized carbons (Fsp3) is 0.933. The van der Waals surface area contributed by atoms with Crippen LogP contribution in [0.3, 0.4) is 0 Å². The Morgan fingerprint density at radius 3 is 2.41 bits per heavy atom. The van der Waals surface area contributed by atoms with E-state index in [1.54, 1.807) is 14.2 Å². The van der Waals surface area contributed by atoms with E-state index in [0.29, 0.717) is 13.0 Å². The molecule has 0 aromatic heterocycles. The average molecular weight is 320 g/mol. The summed E-state index contributed by atoms with van der Waals surface area (Å²) < 4.78 is 21.4. The lowest BCUT2D eigenvalue weighted by Gasteiger charge is -2.47. The van der Waals surface area contributed by atoms with Gasteiger partial charge in [0.25, 0.3) is 0 Å². The van der Waals surface area contributed by atoms with Crippen molar-refractivity contribution in [2.75, 3.05) is 27.9 Å². The van der Waals surface area contributed by atoms with Gasteiger partial charge in [-0.3, -0.25) is 0 Å². The van der Waals surface area contributed by atoms with E-state index in [9.17, 15) is 15.0 Å². The second-order valence-corrected chi connectivity index (χ2v) is 6.28. The van der Waals surface area contributed by atoms with E-state index >= 15 is 0 Å². The molecule has 0 aromatic carbocycles. The summed E-state index contributed by atoms with van der Waals surface area (Å²) >= 11 is 0. The number of aliphatic carboxylic acids is 1. The molecular formula is C15H28O7. The summed E-state index contributed by atoms with van der Waals surface area (Å²) in [7, 11) is 4.50. The first-order chi connectivity index (χ1) is 10.3. The monoisotopic (exact) mass is 320 g/mol. The molecule has 1 heterocycles. The molecule has 2 N–H and O–H groups in total. The Kier molecular flexibility index (Phi) is 7.21. The highest BCUT2D eigenvalue weighted by Gasteiger charge is 2.48. The van der Waals surface area contributed by atoms with Gasteiger partial charge in [0.2, 0.25) is 0 Å². The minimum atomic E-state index is -1.10.